The molecule has 1 unspecified atom stereocenters. The second-order valence-electron chi connectivity index (χ2n) is 5.63. The van der Waals surface area contributed by atoms with Crippen LogP contribution in [0.25, 0.3) is 0 Å². The average Bonchev–Trinajstić information content (AvgIpc) is 3.09. The van der Waals surface area contributed by atoms with Crippen LogP contribution in [0.5, 0.6) is 0 Å². The third-order valence-electron chi connectivity index (χ3n) is 4.09. The maximum Gasteiger partial charge on any atom is 0.187 e. The summed E-state index contributed by atoms with van der Waals surface area (Å²) in [5.41, 5.74) is 5.77. The van der Waals surface area contributed by atoms with Gasteiger partial charge in [0.15, 0.2) is 15.7 Å². The van der Waals surface area contributed by atoms with E-state index < -0.39 is 9.84 Å². The number of nitrogens with zero attached hydrogens (tertiary/aromatic N) is 2. The highest BCUT2D eigenvalue weighted by molar-refractivity contribution is 7.92. The van der Waals surface area contributed by atoms with Crippen LogP contribution in [0.4, 0.5) is 10.8 Å². The predicted molar refractivity (Wildman–Crippen MR) is 80.9 cm³/mol. The van der Waals surface area contributed by atoms with Crippen molar-refractivity contribution >= 4 is 32.2 Å². The third kappa shape index (κ3) is 2.51. The summed E-state index contributed by atoms with van der Waals surface area (Å²) in [7, 11) is -1.20. The van der Waals surface area contributed by atoms with E-state index in [9.17, 15) is 8.42 Å². The fourth-order valence-corrected chi connectivity index (χ4v) is 5.57. The number of sulfone groups is 1. The van der Waals surface area contributed by atoms with E-state index in [2.05, 4.69) is 21.6 Å². The minimum atomic E-state index is -3.30. The van der Waals surface area contributed by atoms with Gasteiger partial charge >= 0.3 is 0 Å². The Balaban J connectivity index is 1.77. The molecule has 3 rings (SSSR count). The summed E-state index contributed by atoms with van der Waals surface area (Å²) in [6, 6.07) is 0.454. The molecule has 1 atom stereocenters. The van der Waals surface area contributed by atoms with Crippen molar-refractivity contribution in [3.8, 4) is 0 Å². The Kier molecular flexibility index (Phi) is 3.64. The molecule has 2 aliphatic rings. The Morgan fingerprint density at radius 1 is 1.45 bits per heavy atom. The molecule has 0 aromatic carbocycles. The molecule has 0 spiro atoms. The summed E-state index contributed by atoms with van der Waals surface area (Å²) < 4.78 is 28.8. The molecule has 20 heavy (non-hydrogen) atoms. The van der Waals surface area contributed by atoms with Crippen molar-refractivity contribution in [2.45, 2.75) is 41.9 Å². The predicted octanol–water partition coefficient (Wildman–Crippen LogP) is 1.17. The van der Waals surface area contributed by atoms with Crippen LogP contribution in [0, 0.1) is 0 Å². The minimum absolute atomic E-state index is 0.143. The van der Waals surface area contributed by atoms with E-state index in [0.29, 0.717) is 11.0 Å². The summed E-state index contributed by atoms with van der Waals surface area (Å²) in [4.78, 5) is 2.53. The normalized spacial score (nSPS) is 24.1. The zero-order chi connectivity index (χ0) is 14.3. The summed E-state index contributed by atoms with van der Waals surface area (Å²) in [6.45, 7) is 1.84. The number of rotatable bonds is 5. The maximum atomic E-state index is 12.4. The van der Waals surface area contributed by atoms with Crippen LogP contribution in [0.1, 0.15) is 25.7 Å². The molecule has 112 valence electrons. The maximum absolute atomic E-state index is 12.4. The minimum Gasteiger partial charge on any atom is -0.382 e. The number of nitrogens with two attached hydrogens (primary N) is 1. The summed E-state index contributed by atoms with van der Waals surface area (Å²) in [5, 5.41) is 3.60. The van der Waals surface area contributed by atoms with E-state index in [0.717, 1.165) is 43.9 Å². The fourth-order valence-electron chi connectivity index (χ4n) is 2.67. The Morgan fingerprint density at radius 3 is 2.80 bits per heavy atom. The standard InChI is InChI=1S/C12H20N4O2S2/c1-16-6-2-3-8(16)7-14-12-10(11(13)15-19-12)20(17,18)9-4-5-9/h8-9,14H,2-7H2,1H3,(H2,13,15). The van der Waals surface area contributed by atoms with Crippen LogP contribution in [0.2, 0.25) is 0 Å². The van der Waals surface area contributed by atoms with Crippen molar-refractivity contribution in [1.29, 1.82) is 0 Å². The number of hydrogen-bond donors (Lipinski definition) is 2. The SMILES string of the molecule is CN1CCCC1CNc1snc(N)c1S(=O)(=O)C1CC1. The summed E-state index contributed by atoms with van der Waals surface area (Å²) >= 11 is 1.15. The average molecular weight is 316 g/mol. The van der Waals surface area contributed by atoms with Crippen molar-refractivity contribution in [3.63, 3.8) is 0 Å². The van der Waals surface area contributed by atoms with Crippen LogP contribution in [0.3, 0.4) is 0 Å². The van der Waals surface area contributed by atoms with Gasteiger partial charge in [-0.1, -0.05) is 0 Å². The van der Waals surface area contributed by atoms with Gasteiger partial charge in [0, 0.05) is 12.6 Å². The first-order chi connectivity index (χ1) is 9.50. The molecule has 0 bridgehead atoms. The van der Waals surface area contributed by atoms with E-state index in [1.807, 2.05) is 0 Å². The Bertz CT molecular complexity index is 595. The lowest BCUT2D eigenvalue weighted by Crippen LogP contribution is -2.31. The molecule has 0 amide bonds. The molecule has 3 N–H and O–H groups in total. The monoisotopic (exact) mass is 316 g/mol. The van der Waals surface area contributed by atoms with Gasteiger partial charge in [0.2, 0.25) is 0 Å². The Morgan fingerprint density at radius 2 is 2.20 bits per heavy atom. The molecule has 6 nitrogen and oxygen atoms in total. The smallest absolute Gasteiger partial charge is 0.187 e. The molecule has 1 aromatic heterocycles. The first-order valence-corrected chi connectivity index (χ1v) is 9.25. The van der Waals surface area contributed by atoms with Crippen molar-refractivity contribution in [2.24, 2.45) is 0 Å². The number of anilines is 2. The van der Waals surface area contributed by atoms with Gasteiger partial charge in [-0.2, -0.15) is 4.37 Å². The highest BCUT2D eigenvalue weighted by Crippen LogP contribution is 2.41. The van der Waals surface area contributed by atoms with Gasteiger partial charge in [-0.15, -0.1) is 0 Å². The van der Waals surface area contributed by atoms with E-state index in [4.69, 9.17) is 5.73 Å². The summed E-state index contributed by atoms with van der Waals surface area (Å²) in [6.07, 6.45) is 3.81. The van der Waals surface area contributed by atoms with Gasteiger partial charge < -0.3 is 16.0 Å². The van der Waals surface area contributed by atoms with E-state index in [1.54, 1.807) is 0 Å². The lowest BCUT2D eigenvalue weighted by molar-refractivity contribution is 0.322. The van der Waals surface area contributed by atoms with Crippen molar-refractivity contribution in [3.05, 3.63) is 0 Å². The van der Waals surface area contributed by atoms with Crippen LogP contribution in [-0.4, -0.2) is 49.1 Å². The number of likely N-dealkylation sites (tertiary alicyclic amines) is 1. The Hall–Kier alpha value is -0.860. The zero-order valence-corrected chi connectivity index (χ0v) is 13.1. The first kappa shape index (κ1) is 14.1. The molecule has 0 radical (unpaired) electrons. The number of aromatic nitrogens is 1. The highest BCUT2D eigenvalue weighted by Gasteiger charge is 2.40. The van der Waals surface area contributed by atoms with Gasteiger partial charge in [0.05, 0.1) is 5.25 Å². The van der Waals surface area contributed by atoms with E-state index in [1.165, 1.54) is 6.42 Å². The number of likely N-dealkylation sites (N-methyl/N-ethyl adjacent to an activating group) is 1. The van der Waals surface area contributed by atoms with Gasteiger partial charge in [-0.25, -0.2) is 8.42 Å². The third-order valence-corrected chi connectivity index (χ3v) is 7.37. The van der Waals surface area contributed by atoms with Crippen LogP contribution in [-0.2, 0) is 9.84 Å². The topological polar surface area (TPSA) is 88.3 Å². The Labute approximate surface area is 123 Å². The molecule has 1 aromatic rings. The van der Waals surface area contributed by atoms with E-state index >= 15 is 0 Å². The van der Waals surface area contributed by atoms with Crippen LogP contribution >= 0.6 is 11.5 Å². The van der Waals surface area contributed by atoms with Crippen molar-refractivity contribution in [2.75, 3.05) is 31.2 Å². The largest absolute Gasteiger partial charge is 0.382 e. The molecule has 8 heteroatoms. The lowest BCUT2D eigenvalue weighted by atomic mass is 10.2. The summed E-state index contributed by atoms with van der Waals surface area (Å²) in [5.74, 6) is 0.143. The molecule has 2 fully saturated rings. The van der Waals surface area contributed by atoms with E-state index in [-0.39, 0.29) is 16.0 Å². The first-order valence-electron chi connectivity index (χ1n) is 6.93. The number of nitrogens with one attached hydrogen (secondary N) is 1. The molecular weight excluding hydrogens is 296 g/mol. The second kappa shape index (κ2) is 5.16. The van der Waals surface area contributed by atoms with Gasteiger partial charge in [-0.05, 0) is 50.8 Å². The molecule has 1 aliphatic carbocycles. The van der Waals surface area contributed by atoms with Crippen molar-refractivity contribution < 1.29 is 8.42 Å². The van der Waals surface area contributed by atoms with Gasteiger partial charge in [0.1, 0.15) is 9.90 Å². The van der Waals surface area contributed by atoms with Crippen LogP contribution in [0.15, 0.2) is 4.90 Å². The highest BCUT2D eigenvalue weighted by atomic mass is 32.2. The molecule has 2 heterocycles. The molecule has 1 saturated carbocycles. The molecule has 1 saturated heterocycles. The molecule has 1 aliphatic heterocycles. The van der Waals surface area contributed by atoms with Crippen molar-refractivity contribution in [1.82, 2.24) is 9.27 Å². The van der Waals surface area contributed by atoms with Gasteiger partial charge in [0.25, 0.3) is 0 Å². The van der Waals surface area contributed by atoms with Crippen LogP contribution < -0.4 is 11.1 Å². The molecular formula is C12H20N4O2S2. The second-order valence-corrected chi connectivity index (χ2v) is 8.57. The zero-order valence-electron chi connectivity index (χ0n) is 11.5. The number of nitrogen functional groups attached to an aromatic ring is 1. The number of hydrogen-bond acceptors (Lipinski definition) is 7. The van der Waals surface area contributed by atoms with Gasteiger partial charge in [-0.3, -0.25) is 0 Å². The fraction of sp³-hybridized carbons (Fsp3) is 0.750. The quantitative estimate of drug-likeness (QED) is 0.848. The lowest BCUT2D eigenvalue weighted by Gasteiger charge is -2.20.